The highest BCUT2D eigenvalue weighted by Gasteiger charge is 2.53. The third-order valence-corrected chi connectivity index (χ3v) is 8.38. The number of esters is 1. The summed E-state index contributed by atoms with van der Waals surface area (Å²) in [6.07, 6.45) is -4.28. The molecule has 3 N–H and O–H groups in total. The lowest BCUT2D eigenvalue weighted by atomic mass is 9.91. The van der Waals surface area contributed by atoms with Crippen LogP contribution < -0.4 is 4.90 Å². The molecule has 44 heavy (non-hydrogen) atoms. The SMILES string of the molecule is CC(=O)OC1C(C(=O)N(c2cc(Cl)cc(Cl)c2)[C@H]2CCC[C@@H]2O)OC(CO)C(O)C1n1cc(-c2cc(F)c(C)c(F)c2)nn1. The first kappa shape index (κ1) is 32.2. The fourth-order valence-electron chi connectivity index (χ4n) is 5.79. The molecule has 1 aromatic heterocycles. The molecule has 7 atom stereocenters. The average molecular weight is 655 g/mol. The number of ether oxygens (including phenoxy) is 2. The molecule has 2 heterocycles. The van der Waals surface area contributed by atoms with Gasteiger partial charge in [0.25, 0.3) is 5.91 Å². The highest BCUT2D eigenvalue weighted by Crippen LogP contribution is 2.38. The molecule has 1 saturated heterocycles. The van der Waals surface area contributed by atoms with Gasteiger partial charge in [-0.15, -0.1) is 5.10 Å². The molecular weight excluding hydrogens is 625 g/mol. The summed E-state index contributed by atoms with van der Waals surface area (Å²) in [6.45, 7) is 1.65. The predicted octanol–water partition coefficient (Wildman–Crippen LogP) is 3.38. The van der Waals surface area contributed by atoms with E-state index in [2.05, 4.69) is 10.3 Å². The van der Waals surface area contributed by atoms with Crippen LogP contribution in [0, 0.1) is 18.6 Å². The smallest absolute Gasteiger partial charge is 0.303 e. The van der Waals surface area contributed by atoms with E-state index in [1.807, 2.05) is 0 Å². The molecule has 1 amide bonds. The lowest BCUT2D eigenvalue weighted by Gasteiger charge is -2.45. The van der Waals surface area contributed by atoms with Crippen LogP contribution in [-0.4, -0.2) is 85.4 Å². The summed E-state index contributed by atoms with van der Waals surface area (Å²) in [5.41, 5.74) is 0.142. The van der Waals surface area contributed by atoms with Crippen molar-refractivity contribution in [2.45, 2.75) is 75.7 Å². The van der Waals surface area contributed by atoms with Crippen molar-refractivity contribution in [3.05, 3.63) is 63.8 Å². The van der Waals surface area contributed by atoms with Gasteiger partial charge in [-0.2, -0.15) is 0 Å². The second kappa shape index (κ2) is 13.0. The van der Waals surface area contributed by atoms with Gasteiger partial charge in [-0.25, -0.2) is 13.5 Å². The molecule has 2 aliphatic rings. The van der Waals surface area contributed by atoms with Crippen LogP contribution in [0.5, 0.6) is 0 Å². The molecular formula is C29H30Cl2F2N4O7. The maximum Gasteiger partial charge on any atom is 0.303 e. The Kier molecular flexibility index (Phi) is 9.54. The van der Waals surface area contributed by atoms with Gasteiger partial charge in [0.1, 0.15) is 35.6 Å². The van der Waals surface area contributed by atoms with Gasteiger partial charge in [0.2, 0.25) is 0 Å². The molecule has 2 aromatic carbocycles. The van der Waals surface area contributed by atoms with Gasteiger partial charge in [0.05, 0.1) is 24.9 Å². The Labute approximate surface area is 260 Å². The molecule has 1 aliphatic carbocycles. The second-order valence-corrected chi connectivity index (χ2v) is 11.8. The third kappa shape index (κ3) is 6.30. The number of carbonyl (C=O) groups is 2. The topological polar surface area (TPSA) is 147 Å². The molecule has 1 saturated carbocycles. The van der Waals surface area contributed by atoms with Crippen LogP contribution in [0.3, 0.4) is 0 Å². The van der Waals surface area contributed by atoms with Crippen LogP contribution >= 0.6 is 23.2 Å². The van der Waals surface area contributed by atoms with Gasteiger partial charge in [-0.05, 0) is 56.5 Å². The maximum absolute atomic E-state index is 14.4. The molecule has 3 aromatic rings. The first-order chi connectivity index (χ1) is 20.9. The minimum absolute atomic E-state index is 0.0239. The normalized spacial score (nSPS) is 26.9. The number of hydrogen-bond acceptors (Lipinski definition) is 9. The molecule has 1 aliphatic heterocycles. The van der Waals surface area contributed by atoms with Gasteiger partial charge in [0.15, 0.2) is 12.2 Å². The summed E-state index contributed by atoms with van der Waals surface area (Å²) < 4.78 is 41.2. The van der Waals surface area contributed by atoms with Gasteiger partial charge in [-0.1, -0.05) is 28.4 Å². The van der Waals surface area contributed by atoms with Gasteiger partial charge in [0, 0.05) is 33.8 Å². The van der Waals surface area contributed by atoms with Crippen LogP contribution in [0.1, 0.15) is 37.8 Å². The van der Waals surface area contributed by atoms with Crippen molar-refractivity contribution in [3.8, 4) is 11.3 Å². The first-order valence-corrected chi connectivity index (χ1v) is 14.6. The summed E-state index contributed by atoms with van der Waals surface area (Å²) in [6, 6.07) is 4.51. The third-order valence-electron chi connectivity index (χ3n) is 7.94. The monoisotopic (exact) mass is 654 g/mol. The Morgan fingerprint density at radius 1 is 1.11 bits per heavy atom. The standard InChI is InChI=1S/C29H30Cl2F2N4O7/c1-13-19(32)6-15(7-20(13)33)21-11-36(35-34-21)25-26(41)24(12-38)44-28(27(25)43-14(2)39)29(42)37(22-4-3-5-23(22)40)18-9-16(30)8-17(31)10-18/h6-11,22-28,38,40-41H,3-5,12H2,1-2H3/t22-,23-,24?,25?,26?,27?,28?/m0/s1. The molecule has 0 spiro atoms. The van der Waals surface area contributed by atoms with Crippen molar-refractivity contribution in [3.63, 3.8) is 0 Å². The van der Waals surface area contributed by atoms with Crippen molar-refractivity contribution in [1.82, 2.24) is 15.0 Å². The quantitative estimate of drug-likeness (QED) is 0.326. The van der Waals surface area contributed by atoms with E-state index < -0.39 is 72.7 Å². The summed E-state index contributed by atoms with van der Waals surface area (Å²) in [4.78, 5) is 28.1. The lowest BCUT2D eigenvalue weighted by Crippen LogP contribution is -2.63. The van der Waals surface area contributed by atoms with Crippen LogP contribution in [0.15, 0.2) is 36.5 Å². The summed E-state index contributed by atoms with van der Waals surface area (Å²) in [7, 11) is 0. The van der Waals surface area contributed by atoms with E-state index in [9.17, 15) is 33.7 Å². The van der Waals surface area contributed by atoms with Crippen molar-refractivity contribution in [2.75, 3.05) is 11.5 Å². The van der Waals surface area contributed by atoms with Crippen LogP contribution in [0.25, 0.3) is 11.3 Å². The van der Waals surface area contributed by atoms with Gasteiger partial charge < -0.3 is 29.7 Å². The number of carbonyl (C=O) groups excluding carboxylic acids is 2. The molecule has 5 unspecified atom stereocenters. The number of aromatic nitrogens is 3. The van der Waals surface area contributed by atoms with Crippen molar-refractivity contribution < 1.29 is 43.2 Å². The lowest BCUT2D eigenvalue weighted by molar-refractivity contribution is -0.216. The zero-order chi connectivity index (χ0) is 31.9. The zero-order valence-electron chi connectivity index (χ0n) is 23.6. The fraction of sp³-hybridized carbons (Fsp3) is 0.448. The molecule has 2 fully saturated rings. The molecule has 0 bridgehead atoms. The summed E-state index contributed by atoms with van der Waals surface area (Å²) in [5.74, 6) is -3.20. The first-order valence-electron chi connectivity index (χ1n) is 13.9. The average Bonchev–Trinajstić information content (AvgIpc) is 3.60. The number of amides is 1. The summed E-state index contributed by atoms with van der Waals surface area (Å²) in [5, 5.41) is 40.7. The minimum Gasteiger partial charge on any atom is -0.457 e. The second-order valence-electron chi connectivity index (χ2n) is 10.9. The highest BCUT2D eigenvalue weighted by molar-refractivity contribution is 6.35. The predicted molar refractivity (Wildman–Crippen MR) is 154 cm³/mol. The largest absolute Gasteiger partial charge is 0.457 e. The number of aliphatic hydroxyl groups is 3. The number of halogens is 4. The van der Waals surface area contributed by atoms with Crippen molar-refractivity contribution in [1.29, 1.82) is 0 Å². The van der Waals surface area contributed by atoms with E-state index >= 15 is 0 Å². The van der Waals surface area contributed by atoms with Crippen molar-refractivity contribution >= 4 is 40.8 Å². The van der Waals surface area contributed by atoms with Crippen LogP contribution in [0.4, 0.5) is 14.5 Å². The van der Waals surface area contributed by atoms with E-state index in [1.165, 1.54) is 36.2 Å². The molecule has 0 radical (unpaired) electrons. The molecule has 5 rings (SSSR count). The van der Waals surface area contributed by atoms with Gasteiger partial charge in [-0.3, -0.25) is 9.59 Å². The zero-order valence-corrected chi connectivity index (χ0v) is 25.1. The summed E-state index contributed by atoms with van der Waals surface area (Å²) >= 11 is 12.5. The van der Waals surface area contributed by atoms with E-state index in [-0.39, 0.29) is 32.6 Å². The Balaban J connectivity index is 1.59. The highest BCUT2D eigenvalue weighted by atomic mass is 35.5. The number of anilines is 1. The molecule has 11 nitrogen and oxygen atoms in total. The Morgan fingerprint density at radius 3 is 2.34 bits per heavy atom. The maximum atomic E-state index is 14.4. The van der Waals surface area contributed by atoms with E-state index in [0.717, 1.165) is 23.7 Å². The number of rotatable bonds is 7. The Morgan fingerprint density at radius 2 is 1.77 bits per heavy atom. The number of nitrogens with zero attached hydrogens (tertiary/aromatic N) is 4. The molecule has 15 heteroatoms. The fourth-order valence-corrected chi connectivity index (χ4v) is 6.30. The minimum atomic E-state index is -1.63. The van der Waals surface area contributed by atoms with E-state index in [1.54, 1.807) is 0 Å². The number of aliphatic hydroxyl groups excluding tert-OH is 3. The van der Waals surface area contributed by atoms with E-state index in [0.29, 0.717) is 19.3 Å². The van der Waals surface area contributed by atoms with Crippen LogP contribution in [-0.2, 0) is 19.1 Å². The van der Waals surface area contributed by atoms with E-state index in [4.69, 9.17) is 32.7 Å². The van der Waals surface area contributed by atoms with Crippen LogP contribution in [0.2, 0.25) is 10.0 Å². The number of benzene rings is 2. The van der Waals surface area contributed by atoms with Crippen molar-refractivity contribution in [2.24, 2.45) is 0 Å². The van der Waals surface area contributed by atoms with Gasteiger partial charge >= 0.3 is 5.97 Å². The number of hydrogen-bond donors (Lipinski definition) is 3. The Hall–Kier alpha value is -3.20. The molecule has 236 valence electrons. The Bertz CT molecular complexity index is 1520.